The number of aliphatic hydroxyl groups is 1. The number of carbonyl (C=O) groups excluding carboxylic acids is 2. The maximum atomic E-state index is 12.3. The first-order valence-corrected chi connectivity index (χ1v) is 7.73. The van der Waals surface area contributed by atoms with Gasteiger partial charge in [-0.3, -0.25) is 9.59 Å². The normalized spacial score (nSPS) is 22.1. The lowest BCUT2D eigenvalue weighted by molar-refractivity contribution is -0.716. The van der Waals surface area contributed by atoms with E-state index in [0.717, 1.165) is 11.3 Å². The number of hydrogen-bond donors (Lipinski definition) is 1. The van der Waals surface area contributed by atoms with Gasteiger partial charge in [0.05, 0.1) is 29.2 Å². The second kappa shape index (κ2) is 6.44. The zero-order valence-electron chi connectivity index (χ0n) is 13.2. The van der Waals surface area contributed by atoms with E-state index in [4.69, 9.17) is 4.84 Å². The molecule has 2 heterocycles. The van der Waals surface area contributed by atoms with Crippen molar-refractivity contribution >= 4 is 11.8 Å². The molecule has 2 aliphatic heterocycles. The standard InChI is InChI=1S/C15H18N4O5/c1-10(24-16-19(23)17-8-4-5-11(17)9-20)18-14(21)12-6-2-3-7-13(12)15(18)22/h2-3,6-7,10-11,20H,4-5,8-9H2,1H3/b19-16-/t10?,11-/m0/s1. The molecule has 1 saturated heterocycles. The van der Waals surface area contributed by atoms with E-state index in [1.54, 1.807) is 24.3 Å². The van der Waals surface area contributed by atoms with Gasteiger partial charge in [0.2, 0.25) is 11.5 Å². The van der Waals surface area contributed by atoms with Crippen molar-refractivity contribution in [3.63, 3.8) is 0 Å². The second-order valence-corrected chi connectivity index (χ2v) is 5.71. The van der Waals surface area contributed by atoms with Crippen LogP contribution in [0.2, 0.25) is 0 Å². The van der Waals surface area contributed by atoms with Gasteiger partial charge in [0.1, 0.15) is 6.04 Å². The Morgan fingerprint density at radius 3 is 2.58 bits per heavy atom. The van der Waals surface area contributed by atoms with Crippen molar-refractivity contribution in [2.75, 3.05) is 13.2 Å². The molecule has 0 bridgehead atoms. The van der Waals surface area contributed by atoms with Gasteiger partial charge in [0.15, 0.2) is 0 Å². The number of aliphatic hydroxyl groups excluding tert-OH is 1. The number of hydrazine groups is 1. The number of imide groups is 1. The summed E-state index contributed by atoms with van der Waals surface area (Å²) in [5.41, 5.74) is 0.605. The van der Waals surface area contributed by atoms with Crippen LogP contribution in [0, 0.1) is 5.21 Å². The van der Waals surface area contributed by atoms with Gasteiger partial charge in [-0.05, 0) is 31.9 Å². The van der Waals surface area contributed by atoms with Crippen LogP contribution in [0.4, 0.5) is 0 Å². The Morgan fingerprint density at radius 1 is 1.38 bits per heavy atom. The van der Waals surface area contributed by atoms with Crippen LogP contribution in [0.1, 0.15) is 40.5 Å². The summed E-state index contributed by atoms with van der Waals surface area (Å²) < 4.78 is 0. The van der Waals surface area contributed by atoms with E-state index < -0.39 is 18.0 Å². The first-order valence-electron chi connectivity index (χ1n) is 7.73. The number of rotatable bonds is 5. The van der Waals surface area contributed by atoms with E-state index in [0.29, 0.717) is 24.1 Å². The Bertz CT molecular complexity index is 657. The quantitative estimate of drug-likeness (QED) is 0.371. The molecule has 0 spiro atoms. The van der Waals surface area contributed by atoms with E-state index >= 15 is 0 Å². The third-order valence-corrected chi connectivity index (χ3v) is 4.24. The molecule has 1 aromatic rings. The highest BCUT2D eigenvalue weighted by Crippen LogP contribution is 2.25. The summed E-state index contributed by atoms with van der Waals surface area (Å²) in [6.07, 6.45) is 0.440. The van der Waals surface area contributed by atoms with Gasteiger partial charge in [0.25, 0.3) is 11.8 Å². The van der Waals surface area contributed by atoms with Crippen molar-refractivity contribution in [1.82, 2.24) is 9.91 Å². The highest BCUT2D eigenvalue weighted by atomic mass is 16.7. The number of nitrogens with zero attached hydrogens (tertiary/aromatic N) is 4. The van der Waals surface area contributed by atoms with Crippen LogP contribution in [-0.4, -0.2) is 57.2 Å². The highest BCUT2D eigenvalue weighted by molar-refractivity contribution is 6.21. The fourth-order valence-corrected chi connectivity index (χ4v) is 2.97. The Labute approximate surface area is 138 Å². The summed E-state index contributed by atoms with van der Waals surface area (Å²) in [7, 11) is 0. The van der Waals surface area contributed by atoms with Crippen LogP contribution >= 0.6 is 0 Å². The van der Waals surface area contributed by atoms with Crippen molar-refractivity contribution in [2.24, 2.45) is 5.28 Å². The van der Waals surface area contributed by atoms with Crippen molar-refractivity contribution in [3.8, 4) is 0 Å². The Kier molecular flexibility index (Phi) is 4.34. The average molecular weight is 334 g/mol. The van der Waals surface area contributed by atoms with Gasteiger partial charge < -0.3 is 15.2 Å². The Morgan fingerprint density at radius 2 is 2.00 bits per heavy atom. The fraction of sp³-hybridized carbons (Fsp3) is 0.467. The average Bonchev–Trinajstić information content (AvgIpc) is 3.16. The van der Waals surface area contributed by atoms with Crippen LogP contribution < -0.4 is 0 Å². The summed E-state index contributed by atoms with van der Waals surface area (Å²) >= 11 is 0. The predicted octanol–water partition coefficient (Wildman–Crippen LogP) is 0.894. The fourth-order valence-electron chi connectivity index (χ4n) is 2.97. The molecule has 2 amide bonds. The van der Waals surface area contributed by atoms with Crippen molar-refractivity contribution in [2.45, 2.75) is 32.0 Å². The molecule has 9 heteroatoms. The van der Waals surface area contributed by atoms with Gasteiger partial charge in [0, 0.05) is 0 Å². The SMILES string of the molecule is CC(O/N=[N+](\[O-])N1CCC[C@H]1CO)N1C(=O)c2ccccc2C1=O. The number of fused-ring (bicyclic) bond motifs is 1. The van der Waals surface area contributed by atoms with Crippen LogP contribution in [0.3, 0.4) is 0 Å². The first-order chi connectivity index (χ1) is 11.5. The third-order valence-electron chi connectivity index (χ3n) is 4.24. The minimum Gasteiger partial charge on any atom is -0.569 e. The second-order valence-electron chi connectivity index (χ2n) is 5.71. The molecule has 1 N–H and O–H groups in total. The molecule has 1 unspecified atom stereocenters. The first kappa shape index (κ1) is 16.2. The lowest BCUT2D eigenvalue weighted by Crippen LogP contribution is -2.40. The van der Waals surface area contributed by atoms with Crippen LogP contribution in [0.5, 0.6) is 0 Å². The molecule has 0 radical (unpaired) electrons. The number of benzene rings is 1. The highest BCUT2D eigenvalue weighted by Gasteiger charge is 2.40. The van der Waals surface area contributed by atoms with E-state index in [1.807, 2.05) is 0 Å². The summed E-state index contributed by atoms with van der Waals surface area (Å²) in [6.45, 7) is 1.78. The van der Waals surface area contributed by atoms with Gasteiger partial charge >= 0.3 is 0 Å². The number of hydrogen-bond acceptors (Lipinski definition) is 6. The number of amides is 2. The predicted molar refractivity (Wildman–Crippen MR) is 80.4 cm³/mol. The minimum absolute atomic E-state index is 0.151. The molecule has 2 atom stereocenters. The van der Waals surface area contributed by atoms with Gasteiger partial charge in [-0.1, -0.05) is 12.1 Å². The Balaban J connectivity index is 1.70. The van der Waals surface area contributed by atoms with Crippen molar-refractivity contribution in [3.05, 3.63) is 40.6 Å². The molecule has 0 saturated carbocycles. The molecule has 9 nitrogen and oxygen atoms in total. The van der Waals surface area contributed by atoms with Crippen molar-refractivity contribution < 1.29 is 24.5 Å². The molecule has 2 aliphatic rings. The molecule has 3 rings (SSSR count). The van der Waals surface area contributed by atoms with Crippen molar-refractivity contribution in [1.29, 1.82) is 0 Å². The molecular formula is C15H18N4O5. The maximum Gasteiger partial charge on any atom is 0.264 e. The molecule has 0 aliphatic carbocycles. The Hall–Kier alpha value is -2.68. The zero-order chi connectivity index (χ0) is 17.3. The van der Waals surface area contributed by atoms with Gasteiger partial charge in [-0.15, -0.1) is 5.01 Å². The monoisotopic (exact) mass is 334 g/mol. The van der Waals surface area contributed by atoms with Crippen LogP contribution in [0.25, 0.3) is 0 Å². The summed E-state index contributed by atoms with van der Waals surface area (Å²) in [6, 6.07) is 6.17. The molecule has 0 aromatic heterocycles. The lowest BCUT2D eigenvalue weighted by Gasteiger charge is -2.21. The molecular weight excluding hydrogens is 316 g/mol. The lowest BCUT2D eigenvalue weighted by atomic mass is 10.1. The molecule has 1 fully saturated rings. The van der Waals surface area contributed by atoms with E-state index in [9.17, 15) is 19.9 Å². The zero-order valence-corrected chi connectivity index (χ0v) is 13.2. The van der Waals surface area contributed by atoms with Gasteiger partial charge in [-0.25, -0.2) is 4.90 Å². The smallest absolute Gasteiger partial charge is 0.264 e. The minimum atomic E-state index is -1.02. The largest absolute Gasteiger partial charge is 0.569 e. The maximum absolute atomic E-state index is 12.3. The van der Waals surface area contributed by atoms with E-state index in [1.165, 1.54) is 11.9 Å². The topological polar surface area (TPSA) is 109 Å². The molecule has 24 heavy (non-hydrogen) atoms. The van der Waals surface area contributed by atoms with E-state index in [-0.39, 0.29) is 17.6 Å². The summed E-state index contributed by atoms with van der Waals surface area (Å²) in [4.78, 5) is 30.8. The summed E-state index contributed by atoms with van der Waals surface area (Å²) in [5, 5.41) is 26.0. The number of carbonyl (C=O) groups is 2. The van der Waals surface area contributed by atoms with Gasteiger partial charge in [-0.2, -0.15) is 0 Å². The van der Waals surface area contributed by atoms with Crippen LogP contribution in [-0.2, 0) is 4.84 Å². The molecule has 128 valence electrons. The third kappa shape index (κ3) is 2.67. The summed E-state index contributed by atoms with van der Waals surface area (Å²) in [5.74, 6) is -0.963. The van der Waals surface area contributed by atoms with E-state index in [2.05, 4.69) is 5.28 Å². The molecule has 1 aromatic carbocycles. The van der Waals surface area contributed by atoms with Crippen LogP contribution in [0.15, 0.2) is 29.5 Å².